The number of benzene rings is 3. The molecule has 0 unspecified atom stereocenters. The molecule has 150 valence electrons. The van der Waals surface area contributed by atoms with E-state index in [0.717, 1.165) is 15.6 Å². The molecule has 1 heterocycles. The normalized spacial score (nSPS) is 21.1. The minimum atomic E-state index is -3.79. The van der Waals surface area contributed by atoms with Gasteiger partial charge in [0.2, 0.25) is 10.0 Å². The minimum absolute atomic E-state index is 0.160. The van der Waals surface area contributed by atoms with Crippen LogP contribution in [0.5, 0.6) is 5.75 Å². The van der Waals surface area contributed by atoms with Gasteiger partial charge in [0, 0.05) is 16.0 Å². The van der Waals surface area contributed by atoms with Crippen molar-refractivity contribution in [3.63, 3.8) is 0 Å². The highest BCUT2D eigenvalue weighted by atomic mass is 79.9. The lowest BCUT2D eigenvalue weighted by Crippen LogP contribution is -2.41. The average molecular weight is 493 g/mol. The van der Waals surface area contributed by atoms with Crippen LogP contribution in [-0.2, 0) is 16.6 Å². The summed E-state index contributed by atoms with van der Waals surface area (Å²) in [6.07, 6.45) is -0.458. The predicted octanol–water partition coefficient (Wildman–Crippen LogP) is 5.82. The van der Waals surface area contributed by atoms with E-state index in [1.165, 1.54) is 4.31 Å². The van der Waals surface area contributed by atoms with Crippen molar-refractivity contribution in [2.45, 2.75) is 30.5 Å². The van der Waals surface area contributed by atoms with E-state index in [-0.39, 0.29) is 11.4 Å². The van der Waals surface area contributed by atoms with E-state index in [2.05, 4.69) is 15.9 Å². The molecule has 0 aromatic heterocycles. The Balaban J connectivity index is 1.86. The molecule has 0 saturated carbocycles. The van der Waals surface area contributed by atoms with Gasteiger partial charge in [-0.2, -0.15) is 4.31 Å². The third-order valence-corrected chi connectivity index (χ3v) is 7.69. The quantitative estimate of drug-likeness (QED) is 0.463. The second-order valence-electron chi connectivity index (χ2n) is 6.96. The second-order valence-corrected chi connectivity index (χ2v) is 10.2. The van der Waals surface area contributed by atoms with Crippen LogP contribution in [0.2, 0.25) is 5.02 Å². The van der Waals surface area contributed by atoms with Crippen LogP contribution >= 0.6 is 27.5 Å². The predicted molar refractivity (Wildman–Crippen MR) is 118 cm³/mol. The van der Waals surface area contributed by atoms with Crippen LogP contribution in [-0.4, -0.2) is 18.8 Å². The van der Waals surface area contributed by atoms with Crippen LogP contribution in [0.25, 0.3) is 0 Å². The Morgan fingerprint density at radius 3 is 2.52 bits per heavy atom. The van der Waals surface area contributed by atoms with Gasteiger partial charge in [-0.05, 0) is 48.4 Å². The van der Waals surface area contributed by atoms with E-state index in [1.807, 2.05) is 49.4 Å². The highest BCUT2D eigenvalue weighted by Crippen LogP contribution is 2.40. The van der Waals surface area contributed by atoms with Gasteiger partial charge in [-0.25, -0.2) is 8.42 Å². The van der Waals surface area contributed by atoms with Crippen molar-refractivity contribution in [3.05, 3.63) is 93.4 Å². The molecule has 0 spiro atoms. The summed E-state index contributed by atoms with van der Waals surface area (Å²) in [6, 6.07) is 21.5. The van der Waals surface area contributed by atoms with Gasteiger partial charge in [-0.1, -0.05) is 70.0 Å². The summed E-state index contributed by atoms with van der Waals surface area (Å²) in [7, 11) is -3.79. The smallest absolute Gasteiger partial charge is 0.247 e. The number of ether oxygens (including phenoxy) is 1. The van der Waals surface area contributed by atoms with Gasteiger partial charge in [0.15, 0.2) is 0 Å². The Hall–Kier alpha value is -1.86. The van der Waals surface area contributed by atoms with Crippen molar-refractivity contribution in [1.29, 1.82) is 0 Å². The van der Waals surface area contributed by atoms with E-state index in [9.17, 15) is 8.42 Å². The molecule has 0 radical (unpaired) electrons. The molecule has 0 fully saturated rings. The number of hydrogen-bond donors (Lipinski definition) is 0. The van der Waals surface area contributed by atoms with Crippen molar-refractivity contribution < 1.29 is 13.2 Å². The van der Waals surface area contributed by atoms with Gasteiger partial charge in [0.05, 0.1) is 6.04 Å². The molecule has 7 heteroatoms. The van der Waals surface area contributed by atoms with Crippen molar-refractivity contribution in [2.24, 2.45) is 0 Å². The summed E-state index contributed by atoms with van der Waals surface area (Å²) >= 11 is 9.55. The fourth-order valence-corrected chi connectivity index (χ4v) is 5.83. The van der Waals surface area contributed by atoms with E-state index in [0.29, 0.717) is 10.8 Å². The number of halogens is 2. The summed E-state index contributed by atoms with van der Waals surface area (Å²) in [6.45, 7) is 2.08. The highest BCUT2D eigenvalue weighted by molar-refractivity contribution is 9.10. The van der Waals surface area contributed by atoms with Crippen molar-refractivity contribution in [1.82, 2.24) is 4.31 Å². The molecule has 0 bridgehead atoms. The molecule has 29 heavy (non-hydrogen) atoms. The highest BCUT2D eigenvalue weighted by Gasteiger charge is 2.40. The lowest BCUT2D eigenvalue weighted by Gasteiger charge is -2.30. The molecule has 2 atom stereocenters. The van der Waals surface area contributed by atoms with E-state index < -0.39 is 22.2 Å². The zero-order chi connectivity index (χ0) is 20.6. The van der Waals surface area contributed by atoms with Crippen LogP contribution in [0.1, 0.15) is 24.2 Å². The molecule has 0 N–H and O–H groups in total. The Morgan fingerprint density at radius 2 is 1.79 bits per heavy atom. The summed E-state index contributed by atoms with van der Waals surface area (Å²) < 4.78 is 35.8. The summed E-state index contributed by atoms with van der Waals surface area (Å²) in [5.74, 6) is 0.341. The van der Waals surface area contributed by atoms with Crippen molar-refractivity contribution in [2.75, 3.05) is 0 Å². The zero-order valence-corrected chi connectivity index (χ0v) is 18.8. The second kappa shape index (κ2) is 8.11. The fourth-order valence-electron chi connectivity index (χ4n) is 3.55. The molecule has 0 amide bonds. The first-order chi connectivity index (χ1) is 13.9. The minimum Gasteiger partial charge on any atom is -0.483 e. The SMILES string of the molecule is C[C@H]1[C@H](c2ccccc2)Oc2cc(Br)ccc2S(=O)(=O)N1Cc1cccc(Cl)c1. The molecule has 0 aliphatic carbocycles. The Labute approximate surface area is 184 Å². The van der Waals surface area contributed by atoms with Crippen molar-refractivity contribution in [3.8, 4) is 5.75 Å². The third-order valence-electron chi connectivity index (χ3n) is 4.99. The molecular formula is C22H19BrClNO3S. The molecule has 0 saturated heterocycles. The van der Waals surface area contributed by atoms with Crippen molar-refractivity contribution >= 4 is 37.6 Å². The maximum absolute atomic E-state index is 13.6. The van der Waals surface area contributed by atoms with Crippen LogP contribution in [0.15, 0.2) is 82.2 Å². The van der Waals surface area contributed by atoms with Gasteiger partial charge >= 0.3 is 0 Å². The maximum Gasteiger partial charge on any atom is 0.247 e. The van der Waals surface area contributed by atoms with Crippen LogP contribution in [0.3, 0.4) is 0 Å². The Bertz CT molecular complexity index is 1140. The molecule has 3 aromatic carbocycles. The standard InChI is InChI=1S/C22H19BrClNO3S/c1-15-22(17-7-3-2-4-8-17)28-20-13-18(23)10-11-21(20)29(26,27)25(15)14-16-6-5-9-19(24)12-16/h2-13,15,22H,14H2,1H3/t15-,22+/m0/s1. The van der Waals surface area contributed by atoms with Gasteiger partial charge in [-0.15, -0.1) is 0 Å². The van der Waals surface area contributed by atoms with Gasteiger partial charge in [-0.3, -0.25) is 0 Å². The molecule has 3 aromatic rings. The third kappa shape index (κ3) is 4.08. The molecule has 4 nitrogen and oxygen atoms in total. The van der Waals surface area contributed by atoms with Gasteiger partial charge in [0.25, 0.3) is 0 Å². The summed E-state index contributed by atoms with van der Waals surface area (Å²) in [5.41, 5.74) is 1.74. The largest absolute Gasteiger partial charge is 0.483 e. The first-order valence-corrected chi connectivity index (χ1v) is 11.7. The first-order valence-electron chi connectivity index (χ1n) is 9.14. The fraction of sp³-hybridized carbons (Fsp3) is 0.182. The van der Waals surface area contributed by atoms with E-state index in [4.69, 9.17) is 16.3 Å². The monoisotopic (exact) mass is 491 g/mol. The Morgan fingerprint density at radius 1 is 1.03 bits per heavy atom. The summed E-state index contributed by atoms with van der Waals surface area (Å²) in [4.78, 5) is 0.160. The maximum atomic E-state index is 13.6. The van der Waals surface area contributed by atoms with E-state index >= 15 is 0 Å². The van der Waals surface area contributed by atoms with Gasteiger partial charge in [0.1, 0.15) is 16.7 Å². The van der Waals surface area contributed by atoms with Gasteiger partial charge < -0.3 is 4.74 Å². The molecule has 1 aliphatic rings. The first kappa shape index (κ1) is 20.4. The van der Waals surface area contributed by atoms with Crippen LogP contribution in [0.4, 0.5) is 0 Å². The molecule has 1 aliphatic heterocycles. The number of sulfonamides is 1. The Kier molecular flexibility index (Phi) is 5.71. The lowest BCUT2D eigenvalue weighted by atomic mass is 10.0. The topological polar surface area (TPSA) is 46.6 Å². The summed E-state index contributed by atoms with van der Waals surface area (Å²) in [5, 5.41) is 0.572. The van der Waals surface area contributed by atoms with Crippen LogP contribution in [0, 0.1) is 0 Å². The average Bonchev–Trinajstić information content (AvgIpc) is 2.77. The molecule has 4 rings (SSSR count). The number of hydrogen-bond acceptors (Lipinski definition) is 3. The number of nitrogens with zero attached hydrogens (tertiary/aromatic N) is 1. The lowest BCUT2D eigenvalue weighted by molar-refractivity contribution is 0.124. The van der Waals surface area contributed by atoms with E-state index in [1.54, 1.807) is 30.3 Å². The molecular weight excluding hydrogens is 474 g/mol. The number of fused-ring (bicyclic) bond motifs is 1. The zero-order valence-electron chi connectivity index (χ0n) is 15.6. The van der Waals surface area contributed by atoms with Crippen LogP contribution < -0.4 is 4.74 Å². The number of rotatable bonds is 3.